The Kier molecular flexibility index (Phi) is 13.5. The number of benzene rings is 4. The first kappa shape index (κ1) is 26.8. The summed E-state index contributed by atoms with van der Waals surface area (Å²) in [5.41, 5.74) is 0. The molecule has 5 heteroatoms. The molecule has 29 heavy (non-hydrogen) atoms. The van der Waals surface area contributed by atoms with E-state index in [1.165, 1.54) is 21.2 Å². The van der Waals surface area contributed by atoms with Crippen LogP contribution in [0.2, 0.25) is 0 Å². The summed E-state index contributed by atoms with van der Waals surface area (Å²) < 4.78 is 0. The van der Waals surface area contributed by atoms with E-state index in [4.69, 9.17) is 0 Å². The third-order valence-corrected chi connectivity index (χ3v) is 16.2. The first-order valence-corrected chi connectivity index (χ1v) is 14.5. The van der Waals surface area contributed by atoms with Gasteiger partial charge in [-0.3, -0.25) is 0 Å². The van der Waals surface area contributed by atoms with Gasteiger partial charge in [-0.2, -0.15) is 0 Å². The van der Waals surface area contributed by atoms with Gasteiger partial charge in [0, 0.05) is 103 Å². The summed E-state index contributed by atoms with van der Waals surface area (Å²) in [6.45, 7) is -0.755. The average molecular weight is 505 g/mol. The molecule has 0 fully saturated rings. The van der Waals surface area contributed by atoms with Gasteiger partial charge in [0.05, 0.1) is 0 Å². The Morgan fingerprint density at radius 1 is 0.345 bits per heavy atom. The van der Waals surface area contributed by atoms with Crippen molar-refractivity contribution in [2.75, 3.05) is 0 Å². The van der Waals surface area contributed by atoms with E-state index in [0.29, 0.717) is 0 Å². The van der Waals surface area contributed by atoms with Gasteiger partial charge in [-0.05, 0) is 0 Å². The third-order valence-electron chi connectivity index (χ3n) is 4.08. The molecule has 4 aromatic rings. The van der Waals surface area contributed by atoms with E-state index in [9.17, 15) is 0 Å². The maximum absolute atomic E-state index is 2.30. The second-order valence-electron chi connectivity index (χ2n) is 5.98. The zero-order chi connectivity index (χ0) is 18.3. The molecule has 0 saturated heterocycles. The van der Waals surface area contributed by atoms with Crippen molar-refractivity contribution >= 4 is 137 Å². The van der Waals surface area contributed by atoms with Gasteiger partial charge in [0.25, 0.3) is 0 Å². The van der Waals surface area contributed by atoms with Crippen molar-refractivity contribution in [2.45, 2.75) is 0 Å². The summed E-state index contributed by atoms with van der Waals surface area (Å²) in [5, 5.41) is 5.88. The van der Waals surface area contributed by atoms with Crippen LogP contribution in [0.15, 0.2) is 121 Å². The van der Waals surface area contributed by atoms with Crippen LogP contribution in [-0.2, 0) is 14.1 Å². The fraction of sp³-hybridized carbons (Fsp3) is 0. The van der Waals surface area contributed by atoms with Crippen molar-refractivity contribution in [1.29, 1.82) is 0 Å². The van der Waals surface area contributed by atoms with Gasteiger partial charge < -0.3 is 0 Å². The molecule has 0 N–H and O–H groups in total. The first-order chi connectivity index (χ1) is 13.4. The fourth-order valence-electron chi connectivity index (χ4n) is 2.78. The molecule has 0 aliphatic heterocycles. The van der Waals surface area contributed by atoms with Crippen molar-refractivity contribution in [3.63, 3.8) is 0 Å². The molecular formula is C24H21FeK2P2. The van der Waals surface area contributed by atoms with Gasteiger partial charge in [-0.1, -0.05) is 0 Å². The average Bonchev–Trinajstić information content (AvgIpc) is 2.77. The first-order valence-electron chi connectivity index (χ1n) is 8.88. The molecule has 0 aliphatic carbocycles. The maximum atomic E-state index is 2.30. The molecule has 0 bridgehead atoms. The molecule has 0 aromatic heterocycles. The Morgan fingerprint density at radius 2 is 0.552 bits per heavy atom. The molecule has 0 saturated carbocycles. The molecule has 0 amide bonds. The fourth-order valence-corrected chi connectivity index (χ4v) is 16.3. The van der Waals surface area contributed by atoms with E-state index in [-0.39, 0.29) is 116 Å². The van der Waals surface area contributed by atoms with Crippen molar-refractivity contribution in [1.82, 2.24) is 0 Å². The summed E-state index contributed by atoms with van der Waals surface area (Å²) >= 11 is 0.814. The number of hydrogen-bond donors (Lipinski definition) is 0. The van der Waals surface area contributed by atoms with Crippen LogP contribution in [0.1, 0.15) is 0 Å². The van der Waals surface area contributed by atoms with Crippen molar-refractivity contribution in [3.05, 3.63) is 121 Å². The predicted molar refractivity (Wildman–Crippen MR) is 131 cm³/mol. The van der Waals surface area contributed by atoms with E-state index in [2.05, 4.69) is 121 Å². The van der Waals surface area contributed by atoms with E-state index >= 15 is 0 Å². The summed E-state index contributed by atoms with van der Waals surface area (Å²) in [6, 6.07) is 44.2. The Balaban J connectivity index is 0.00000150. The monoisotopic (exact) mass is 505 g/mol. The van der Waals surface area contributed by atoms with Crippen LogP contribution in [0.5, 0.6) is 0 Å². The van der Waals surface area contributed by atoms with Gasteiger partial charge in [0.1, 0.15) is 0 Å². The molecule has 0 spiro atoms. The second-order valence-corrected chi connectivity index (χ2v) is 15.1. The Morgan fingerprint density at radius 3 is 0.759 bits per heavy atom. The van der Waals surface area contributed by atoms with Gasteiger partial charge in [0.15, 0.2) is 0 Å². The summed E-state index contributed by atoms with van der Waals surface area (Å²) in [5.74, 6) is 0. The van der Waals surface area contributed by atoms with Crippen molar-refractivity contribution in [2.24, 2.45) is 0 Å². The zero-order valence-corrected chi connectivity index (χ0v) is 26.0. The van der Waals surface area contributed by atoms with Crippen LogP contribution in [0.25, 0.3) is 0 Å². The standard InChI is InChI=1S/2C12H10P.Fe.2K.H/c2*1-3-7-11(8-4-1)13-12-9-5-2-6-10-12;;;;/h2*1-10H;;;;/q2*-1;+2;;;. The molecule has 0 aliphatic rings. The Hall–Kier alpha value is 1.53. The van der Waals surface area contributed by atoms with Crippen LogP contribution in [0, 0.1) is 0 Å². The molecule has 137 valence electrons. The van der Waals surface area contributed by atoms with E-state index in [1.807, 2.05) is 0 Å². The summed E-state index contributed by atoms with van der Waals surface area (Å²) in [4.78, 5) is 0. The molecule has 2 radical (unpaired) electrons. The third kappa shape index (κ3) is 7.81. The molecule has 0 nitrogen and oxygen atoms in total. The minimum absolute atomic E-state index is 0. The molecule has 4 rings (SSSR count). The van der Waals surface area contributed by atoms with E-state index in [0.717, 1.165) is 14.1 Å². The number of rotatable bonds is 6. The Bertz CT molecular complexity index is 795. The quantitative estimate of drug-likeness (QED) is 0.273. The van der Waals surface area contributed by atoms with E-state index in [1.54, 1.807) is 0 Å². The Labute approximate surface area is 267 Å². The zero-order valence-electron chi connectivity index (χ0n) is 16.8. The number of hydrogen-bond acceptors (Lipinski definition) is 0. The SMILES string of the molecule is [K].[K].c1ccc([P]([FeH][P](c2ccccc2)c2ccccc2)c2ccccc2)cc1. The molecule has 0 unspecified atom stereocenters. The van der Waals surface area contributed by atoms with Crippen LogP contribution in [0.4, 0.5) is 0 Å². The summed E-state index contributed by atoms with van der Waals surface area (Å²) in [6.07, 6.45) is 0. The molecule has 0 heterocycles. The van der Waals surface area contributed by atoms with Crippen molar-refractivity contribution < 1.29 is 14.1 Å². The normalized spacial score (nSPS) is 10.4. The predicted octanol–water partition coefficient (Wildman–Crippen LogP) is 4.14. The topological polar surface area (TPSA) is 0 Å². The van der Waals surface area contributed by atoms with Crippen LogP contribution >= 0.6 is 13.2 Å². The molecule has 4 aromatic carbocycles. The van der Waals surface area contributed by atoms with Gasteiger partial charge in [0.2, 0.25) is 0 Å². The summed E-state index contributed by atoms with van der Waals surface area (Å²) in [7, 11) is 0. The minimum atomic E-state index is -0.377. The van der Waals surface area contributed by atoms with E-state index < -0.39 is 0 Å². The van der Waals surface area contributed by atoms with Crippen LogP contribution < -0.4 is 21.2 Å². The second kappa shape index (κ2) is 14.6. The van der Waals surface area contributed by atoms with Gasteiger partial charge >= 0.3 is 170 Å². The molecule has 0 atom stereocenters. The van der Waals surface area contributed by atoms with Crippen molar-refractivity contribution in [3.8, 4) is 0 Å². The van der Waals surface area contributed by atoms with Gasteiger partial charge in [-0.15, -0.1) is 0 Å². The van der Waals surface area contributed by atoms with Crippen LogP contribution in [-0.4, -0.2) is 103 Å². The molecular weight excluding hydrogens is 484 g/mol. The van der Waals surface area contributed by atoms with Gasteiger partial charge in [-0.25, -0.2) is 0 Å². The van der Waals surface area contributed by atoms with Crippen LogP contribution in [0.3, 0.4) is 0 Å².